The molecule has 0 radical (unpaired) electrons. The first-order chi connectivity index (χ1) is 8.03. The largest absolute Gasteiger partial charge is 0.481 e. The van der Waals surface area contributed by atoms with Crippen molar-refractivity contribution in [2.45, 2.75) is 38.6 Å². The Morgan fingerprint density at radius 1 is 1.47 bits per heavy atom. The lowest BCUT2D eigenvalue weighted by Crippen LogP contribution is -2.44. The SMILES string of the molecule is CC1CC(C(=O)NCC2(C(=O)O)CC2)CCN1. The van der Waals surface area contributed by atoms with Crippen LogP contribution < -0.4 is 10.6 Å². The van der Waals surface area contributed by atoms with E-state index in [0.29, 0.717) is 25.4 Å². The average molecular weight is 240 g/mol. The summed E-state index contributed by atoms with van der Waals surface area (Å²) in [6.45, 7) is 3.22. The van der Waals surface area contributed by atoms with Gasteiger partial charge in [-0.25, -0.2) is 0 Å². The second-order valence-corrected chi connectivity index (χ2v) is 5.38. The average Bonchev–Trinajstić information content (AvgIpc) is 3.07. The molecule has 5 heteroatoms. The zero-order valence-corrected chi connectivity index (χ0v) is 10.2. The summed E-state index contributed by atoms with van der Waals surface area (Å²) in [5.41, 5.74) is -0.659. The third kappa shape index (κ3) is 2.77. The number of amides is 1. The fourth-order valence-electron chi connectivity index (χ4n) is 2.39. The minimum absolute atomic E-state index is 0.0193. The molecule has 2 atom stereocenters. The van der Waals surface area contributed by atoms with Crippen LogP contribution in [-0.4, -0.2) is 36.1 Å². The molecular formula is C12H20N2O3. The van der Waals surface area contributed by atoms with Gasteiger partial charge >= 0.3 is 5.97 Å². The van der Waals surface area contributed by atoms with Gasteiger partial charge in [-0.2, -0.15) is 0 Å². The molecule has 0 aromatic heterocycles. The third-order valence-corrected chi connectivity index (χ3v) is 3.90. The molecule has 1 aliphatic heterocycles. The number of rotatable bonds is 4. The maximum atomic E-state index is 11.9. The fraction of sp³-hybridized carbons (Fsp3) is 0.833. The summed E-state index contributed by atoms with van der Waals surface area (Å²) in [6.07, 6.45) is 3.05. The van der Waals surface area contributed by atoms with E-state index >= 15 is 0 Å². The topological polar surface area (TPSA) is 78.4 Å². The second kappa shape index (κ2) is 4.64. The summed E-state index contributed by atoms with van der Waals surface area (Å²) in [6, 6.07) is 0.369. The third-order valence-electron chi connectivity index (χ3n) is 3.90. The van der Waals surface area contributed by atoms with Gasteiger partial charge in [-0.05, 0) is 39.2 Å². The van der Waals surface area contributed by atoms with Gasteiger partial charge in [-0.1, -0.05) is 0 Å². The van der Waals surface area contributed by atoms with Crippen LogP contribution in [0.3, 0.4) is 0 Å². The predicted octanol–water partition coefficient (Wildman–Crippen LogP) is 0.355. The normalized spacial score (nSPS) is 30.6. The zero-order valence-electron chi connectivity index (χ0n) is 10.2. The first kappa shape index (κ1) is 12.4. The molecule has 1 saturated carbocycles. The molecule has 17 heavy (non-hydrogen) atoms. The van der Waals surface area contributed by atoms with Gasteiger partial charge in [0.15, 0.2) is 0 Å². The zero-order chi connectivity index (χ0) is 12.5. The number of piperidine rings is 1. The van der Waals surface area contributed by atoms with Crippen LogP contribution in [0.5, 0.6) is 0 Å². The summed E-state index contributed by atoms with van der Waals surface area (Å²) >= 11 is 0. The highest BCUT2D eigenvalue weighted by molar-refractivity contribution is 5.82. The predicted molar refractivity (Wildman–Crippen MR) is 62.5 cm³/mol. The van der Waals surface area contributed by atoms with Gasteiger partial charge in [-0.15, -0.1) is 0 Å². The van der Waals surface area contributed by atoms with E-state index in [1.54, 1.807) is 0 Å². The Bertz CT molecular complexity index is 326. The quantitative estimate of drug-likeness (QED) is 0.663. The maximum absolute atomic E-state index is 11.9. The van der Waals surface area contributed by atoms with E-state index in [1.807, 2.05) is 0 Å². The minimum Gasteiger partial charge on any atom is -0.481 e. The van der Waals surface area contributed by atoms with Crippen molar-refractivity contribution in [1.29, 1.82) is 0 Å². The van der Waals surface area contributed by atoms with Gasteiger partial charge in [-0.3, -0.25) is 9.59 Å². The number of carbonyl (C=O) groups is 2. The molecule has 0 aromatic carbocycles. The van der Waals surface area contributed by atoms with Crippen molar-refractivity contribution in [2.75, 3.05) is 13.1 Å². The van der Waals surface area contributed by atoms with Gasteiger partial charge in [0, 0.05) is 18.5 Å². The lowest BCUT2D eigenvalue weighted by Gasteiger charge is -2.27. The standard InChI is InChI=1S/C12H20N2O3/c1-8-6-9(2-5-13-8)10(15)14-7-12(3-4-12)11(16)17/h8-9,13H,2-7H2,1H3,(H,14,15)(H,16,17). The summed E-state index contributed by atoms with van der Waals surface area (Å²) in [5.74, 6) is -0.724. The molecule has 2 unspecified atom stereocenters. The Morgan fingerprint density at radius 2 is 2.18 bits per heavy atom. The smallest absolute Gasteiger partial charge is 0.311 e. The number of carbonyl (C=O) groups excluding carboxylic acids is 1. The molecule has 1 aliphatic carbocycles. The Morgan fingerprint density at radius 3 is 2.71 bits per heavy atom. The highest BCUT2D eigenvalue weighted by Crippen LogP contribution is 2.45. The Balaban J connectivity index is 1.79. The van der Waals surface area contributed by atoms with Crippen LogP contribution in [0, 0.1) is 11.3 Å². The lowest BCUT2D eigenvalue weighted by atomic mass is 9.92. The Labute approximate surface area is 101 Å². The molecule has 0 bridgehead atoms. The summed E-state index contributed by atoms with van der Waals surface area (Å²) in [7, 11) is 0. The lowest BCUT2D eigenvalue weighted by molar-refractivity contribution is -0.143. The molecule has 5 nitrogen and oxygen atoms in total. The molecule has 2 aliphatic rings. The van der Waals surface area contributed by atoms with Gasteiger partial charge in [0.25, 0.3) is 0 Å². The monoisotopic (exact) mass is 240 g/mol. The van der Waals surface area contributed by atoms with E-state index in [9.17, 15) is 9.59 Å². The first-order valence-electron chi connectivity index (χ1n) is 6.28. The molecule has 0 aromatic rings. The second-order valence-electron chi connectivity index (χ2n) is 5.38. The summed E-state index contributed by atoms with van der Waals surface area (Å²) < 4.78 is 0. The van der Waals surface area contributed by atoms with E-state index < -0.39 is 11.4 Å². The summed E-state index contributed by atoms with van der Waals surface area (Å²) in [4.78, 5) is 22.9. The van der Waals surface area contributed by atoms with Crippen molar-refractivity contribution in [3.05, 3.63) is 0 Å². The van der Waals surface area contributed by atoms with Crippen molar-refractivity contribution in [3.8, 4) is 0 Å². The number of nitrogens with one attached hydrogen (secondary N) is 2. The Hall–Kier alpha value is -1.10. The fourth-order valence-corrected chi connectivity index (χ4v) is 2.39. The molecule has 96 valence electrons. The number of aliphatic carboxylic acids is 1. The van der Waals surface area contributed by atoms with Gasteiger partial charge in [0.1, 0.15) is 0 Å². The summed E-state index contributed by atoms with van der Waals surface area (Å²) in [5, 5.41) is 15.1. The Kier molecular flexibility index (Phi) is 3.38. The van der Waals surface area contributed by atoms with E-state index in [0.717, 1.165) is 19.4 Å². The molecule has 2 rings (SSSR count). The molecule has 3 N–H and O–H groups in total. The number of carboxylic acid groups (broad SMARTS) is 1. The van der Waals surface area contributed by atoms with Crippen LogP contribution in [0.25, 0.3) is 0 Å². The molecule has 0 spiro atoms. The van der Waals surface area contributed by atoms with Crippen LogP contribution in [0.4, 0.5) is 0 Å². The number of carboxylic acids is 1. The van der Waals surface area contributed by atoms with Crippen molar-refractivity contribution in [2.24, 2.45) is 11.3 Å². The van der Waals surface area contributed by atoms with Crippen LogP contribution in [0.1, 0.15) is 32.6 Å². The first-order valence-corrected chi connectivity index (χ1v) is 6.28. The van der Waals surface area contributed by atoms with Gasteiger partial charge < -0.3 is 15.7 Å². The number of hydrogen-bond acceptors (Lipinski definition) is 3. The minimum atomic E-state index is -0.781. The van der Waals surface area contributed by atoms with Crippen molar-refractivity contribution < 1.29 is 14.7 Å². The van der Waals surface area contributed by atoms with Gasteiger partial charge in [0.2, 0.25) is 5.91 Å². The van der Waals surface area contributed by atoms with Crippen LogP contribution in [-0.2, 0) is 9.59 Å². The van der Waals surface area contributed by atoms with E-state index in [2.05, 4.69) is 17.6 Å². The highest BCUT2D eigenvalue weighted by Gasteiger charge is 2.50. The van der Waals surface area contributed by atoms with Crippen molar-refractivity contribution in [1.82, 2.24) is 10.6 Å². The van der Waals surface area contributed by atoms with Crippen LogP contribution in [0.15, 0.2) is 0 Å². The molecule has 1 heterocycles. The highest BCUT2D eigenvalue weighted by atomic mass is 16.4. The molecule has 1 amide bonds. The number of hydrogen-bond donors (Lipinski definition) is 3. The van der Waals surface area contributed by atoms with E-state index in [4.69, 9.17) is 5.11 Å². The maximum Gasteiger partial charge on any atom is 0.311 e. The van der Waals surface area contributed by atoms with E-state index in [1.165, 1.54) is 0 Å². The van der Waals surface area contributed by atoms with Crippen LogP contribution >= 0.6 is 0 Å². The van der Waals surface area contributed by atoms with Gasteiger partial charge in [0.05, 0.1) is 5.41 Å². The van der Waals surface area contributed by atoms with Crippen molar-refractivity contribution >= 4 is 11.9 Å². The van der Waals surface area contributed by atoms with Crippen LogP contribution in [0.2, 0.25) is 0 Å². The molecule has 2 fully saturated rings. The molecular weight excluding hydrogens is 220 g/mol. The molecule has 1 saturated heterocycles. The van der Waals surface area contributed by atoms with Crippen molar-refractivity contribution in [3.63, 3.8) is 0 Å². The van der Waals surface area contributed by atoms with E-state index in [-0.39, 0.29) is 11.8 Å².